The van der Waals surface area contributed by atoms with Crippen LogP contribution in [0.15, 0.2) is 35.2 Å². The number of sulfonamides is 1. The molecule has 10 nitrogen and oxygen atoms in total. The summed E-state index contributed by atoms with van der Waals surface area (Å²) in [5.74, 6) is -0.885. The molecule has 1 heterocycles. The summed E-state index contributed by atoms with van der Waals surface area (Å²) in [5, 5.41) is 11.6. The van der Waals surface area contributed by atoms with Crippen molar-refractivity contribution in [2.24, 2.45) is 0 Å². The van der Waals surface area contributed by atoms with Crippen molar-refractivity contribution in [3.63, 3.8) is 0 Å². The molecule has 0 atom stereocenters. The highest BCUT2D eigenvalue weighted by Gasteiger charge is 2.23. The first kappa shape index (κ1) is 20.4. The number of aromatic nitrogens is 2. The molecule has 2 rings (SSSR count). The molecule has 12 heteroatoms. The molecule has 0 radical (unpaired) electrons. The van der Waals surface area contributed by atoms with Gasteiger partial charge in [-0.15, -0.1) is 0 Å². The number of halogens is 1. The van der Waals surface area contributed by atoms with E-state index in [0.29, 0.717) is 5.82 Å². The topological polar surface area (TPSA) is 148 Å². The normalized spacial score (nSPS) is 10.9. The van der Waals surface area contributed by atoms with Crippen molar-refractivity contribution in [3.8, 4) is 5.88 Å². The van der Waals surface area contributed by atoms with Crippen molar-refractivity contribution in [2.75, 3.05) is 13.7 Å². The van der Waals surface area contributed by atoms with Gasteiger partial charge in [0.2, 0.25) is 5.88 Å². The molecule has 0 fully saturated rings. The minimum Gasteiger partial charge on any atom is -0.481 e. The van der Waals surface area contributed by atoms with E-state index in [9.17, 15) is 18.0 Å². The Labute approximate surface area is 159 Å². The maximum atomic E-state index is 12.2. The van der Waals surface area contributed by atoms with Crippen molar-refractivity contribution >= 4 is 33.6 Å². The highest BCUT2D eigenvalue weighted by molar-refractivity contribution is 7.90. The number of amides is 2. The van der Waals surface area contributed by atoms with Gasteiger partial charge in [0.1, 0.15) is 15.9 Å². The van der Waals surface area contributed by atoms with Crippen LogP contribution in [0.5, 0.6) is 5.88 Å². The van der Waals surface area contributed by atoms with Crippen LogP contribution in [0.1, 0.15) is 16.2 Å². The van der Waals surface area contributed by atoms with Crippen molar-refractivity contribution in [3.05, 3.63) is 46.9 Å². The summed E-state index contributed by atoms with van der Waals surface area (Å²) in [6.07, 6.45) is 0.163. The Balaban J connectivity index is 1.99. The summed E-state index contributed by atoms with van der Waals surface area (Å²) in [5.41, 5.74) is -0.447. The van der Waals surface area contributed by atoms with Crippen molar-refractivity contribution in [2.45, 2.75) is 11.3 Å². The lowest BCUT2D eigenvalue weighted by molar-refractivity contribution is 0.0692. The fraction of sp³-hybridized carbons (Fsp3) is 0.200. The van der Waals surface area contributed by atoms with E-state index in [-0.39, 0.29) is 24.0 Å². The van der Waals surface area contributed by atoms with Crippen LogP contribution in [-0.4, -0.2) is 49.1 Å². The summed E-state index contributed by atoms with van der Waals surface area (Å²) in [4.78, 5) is 30.5. The first-order valence-electron chi connectivity index (χ1n) is 7.43. The van der Waals surface area contributed by atoms with Crippen LogP contribution in [0.3, 0.4) is 0 Å². The lowest BCUT2D eigenvalue weighted by Crippen LogP contribution is -2.40. The number of carbonyl (C=O) groups excluding carboxylic acids is 1. The summed E-state index contributed by atoms with van der Waals surface area (Å²) >= 11 is 5.81. The molecule has 144 valence electrons. The van der Waals surface area contributed by atoms with E-state index in [2.05, 4.69) is 15.3 Å². The Bertz CT molecular complexity index is 967. The highest BCUT2D eigenvalue weighted by Crippen LogP contribution is 2.15. The van der Waals surface area contributed by atoms with Gasteiger partial charge in [-0.1, -0.05) is 23.7 Å². The number of carboxylic acids is 1. The summed E-state index contributed by atoms with van der Waals surface area (Å²) < 4.78 is 31.2. The van der Waals surface area contributed by atoms with Gasteiger partial charge in [0.05, 0.1) is 12.7 Å². The van der Waals surface area contributed by atoms with Crippen LogP contribution in [0, 0.1) is 0 Å². The fourth-order valence-corrected chi connectivity index (χ4v) is 3.36. The summed E-state index contributed by atoms with van der Waals surface area (Å²) in [6, 6.07) is 5.33. The molecular formula is C15H15ClN4O6S. The second kappa shape index (κ2) is 8.64. The Morgan fingerprint density at radius 3 is 2.63 bits per heavy atom. The molecule has 0 aliphatic rings. The predicted octanol–water partition coefficient (Wildman–Crippen LogP) is 1.07. The van der Waals surface area contributed by atoms with Gasteiger partial charge in [0, 0.05) is 19.0 Å². The van der Waals surface area contributed by atoms with E-state index >= 15 is 0 Å². The maximum absolute atomic E-state index is 12.2. The monoisotopic (exact) mass is 414 g/mol. The molecule has 1 aromatic carbocycles. The van der Waals surface area contributed by atoms with Gasteiger partial charge < -0.3 is 15.2 Å². The van der Waals surface area contributed by atoms with Gasteiger partial charge >= 0.3 is 12.0 Å². The second-order valence-corrected chi connectivity index (χ2v) is 7.10. The zero-order valence-corrected chi connectivity index (χ0v) is 15.5. The van der Waals surface area contributed by atoms with E-state index in [1.807, 2.05) is 0 Å². The number of nitrogens with zero attached hydrogens (tertiary/aromatic N) is 2. The number of hydrogen-bond donors (Lipinski definition) is 3. The van der Waals surface area contributed by atoms with Crippen molar-refractivity contribution in [1.82, 2.24) is 20.0 Å². The largest absolute Gasteiger partial charge is 0.481 e. The maximum Gasteiger partial charge on any atom is 0.337 e. The molecule has 0 bridgehead atoms. The van der Waals surface area contributed by atoms with E-state index < -0.39 is 32.5 Å². The second-order valence-electron chi connectivity index (χ2n) is 5.06. The number of benzene rings is 1. The quantitative estimate of drug-likeness (QED) is 0.570. The first-order chi connectivity index (χ1) is 12.7. The molecule has 2 aromatic rings. The summed E-state index contributed by atoms with van der Waals surface area (Å²) in [7, 11) is -2.95. The molecule has 0 saturated carbocycles. The van der Waals surface area contributed by atoms with Gasteiger partial charge in [-0.3, -0.25) is 0 Å². The number of carboxylic acid groups (broad SMARTS) is 1. The first-order valence-corrected chi connectivity index (χ1v) is 9.29. The van der Waals surface area contributed by atoms with E-state index in [0.717, 1.165) is 12.1 Å². The van der Waals surface area contributed by atoms with E-state index in [1.165, 1.54) is 25.3 Å². The van der Waals surface area contributed by atoms with Crippen LogP contribution in [0.25, 0.3) is 0 Å². The molecule has 1 aromatic heterocycles. The summed E-state index contributed by atoms with van der Waals surface area (Å²) in [6.45, 7) is 0.00538. The third-order valence-electron chi connectivity index (χ3n) is 3.20. The number of carbonyl (C=O) groups is 2. The van der Waals surface area contributed by atoms with Gasteiger partial charge in [0.25, 0.3) is 10.0 Å². The number of aromatic carboxylic acids is 1. The minimum absolute atomic E-state index is 0.00538. The van der Waals surface area contributed by atoms with Crippen molar-refractivity contribution < 1.29 is 27.9 Å². The third kappa shape index (κ3) is 5.53. The zero-order chi connectivity index (χ0) is 20.0. The van der Waals surface area contributed by atoms with Gasteiger partial charge in [-0.05, 0) is 12.1 Å². The molecule has 0 aliphatic heterocycles. The average Bonchev–Trinajstić information content (AvgIpc) is 2.60. The third-order valence-corrected chi connectivity index (χ3v) is 4.78. The number of nitrogens with one attached hydrogen (secondary N) is 2. The number of hydrogen-bond acceptors (Lipinski definition) is 7. The van der Waals surface area contributed by atoms with Crippen LogP contribution >= 0.6 is 11.6 Å². The molecular weight excluding hydrogens is 400 g/mol. The smallest absolute Gasteiger partial charge is 0.337 e. The van der Waals surface area contributed by atoms with Gasteiger partial charge in [-0.2, -0.15) is 4.98 Å². The lowest BCUT2D eigenvalue weighted by atomic mass is 10.2. The number of urea groups is 1. The Kier molecular flexibility index (Phi) is 6.53. The SMILES string of the molecule is COc1cc(Cl)nc(CCNC(=O)NS(=O)(=O)c2ccccc2C(=O)O)n1. The molecule has 0 aliphatic carbocycles. The van der Waals surface area contributed by atoms with Crippen LogP contribution < -0.4 is 14.8 Å². The molecule has 2 amide bonds. The Hall–Kier alpha value is -2.92. The van der Waals surface area contributed by atoms with E-state index in [4.69, 9.17) is 21.4 Å². The van der Waals surface area contributed by atoms with E-state index in [1.54, 1.807) is 4.72 Å². The molecule has 0 unspecified atom stereocenters. The zero-order valence-electron chi connectivity index (χ0n) is 14.0. The lowest BCUT2D eigenvalue weighted by Gasteiger charge is -2.10. The highest BCUT2D eigenvalue weighted by atomic mass is 35.5. The predicted molar refractivity (Wildman–Crippen MR) is 94.4 cm³/mol. The number of methoxy groups -OCH3 is 1. The van der Waals surface area contributed by atoms with Gasteiger partial charge in [-0.25, -0.2) is 27.7 Å². The number of ether oxygens (including phenoxy) is 1. The molecule has 3 N–H and O–H groups in total. The van der Waals surface area contributed by atoms with Gasteiger partial charge in [0.15, 0.2) is 0 Å². The Morgan fingerprint density at radius 1 is 1.26 bits per heavy atom. The molecule has 0 saturated heterocycles. The minimum atomic E-state index is -4.36. The van der Waals surface area contributed by atoms with Crippen molar-refractivity contribution in [1.29, 1.82) is 0 Å². The van der Waals surface area contributed by atoms with Crippen LogP contribution in [-0.2, 0) is 16.4 Å². The Morgan fingerprint density at radius 2 is 1.96 bits per heavy atom. The number of rotatable bonds is 7. The molecule has 0 spiro atoms. The van der Waals surface area contributed by atoms with Crippen LogP contribution in [0.4, 0.5) is 4.79 Å². The fourth-order valence-electron chi connectivity index (χ4n) is 2.04. The average molecular weight is 415 g/mol. The van der Waals surface area contributed by atoms with Crippen LogP contribution in [0.2, 0.25) is 5.15 Å². The standard InChI is InChI=1S/C15H15ClN4O6S/c1-26-13-8-11(16)18-12(19-13)6-7-17-15(23)20-27(24,25)10-5-3-2-4-9(10)14(21)22/h2-5,8H,6-7H2,1H3,(H,21,22)(H2,17,20,23). The molecule has 27 heavy (non-hydrogen) atoms.